The Labute approximate surface area is 108 Å². The van der Waals surface area contributed by atoms with E-state index in [1.807, 2.05) is 30.5 Å². The summed E-state index contributed by atoms with van der Waals surface area (Å²) in [4.78, 5) is 3.14. The molecule has 0 aliphatic rings. The summed E-state index contributed by atoms with van der Waals surface area (Å²) in [5, 5.41) is 4.17. The SMILES string of the molecule is FC(F)(F)COCCNCc1c[nH]c2ccccc12. The molecule has 0 saturated carbocycles. The number of benzene rings is 1. The van der Waals surface area contributed by atoms with Gasteiger partial charge in [-0.1, -0.05) is 18.2 Å². The van der Waals surface area contributed by atoms with Crippen LogP contribution in [0.3, 0.4) is 0 Å². The molecule has 0 atom stereocenters. The summed E-state index contributed by atoms with van der Waals surface area (Å²) >= 11 is 0. The summed E-state index contributed by atoms with van der Waals surface area (Å²) in [5.41, 5.74) is 2.14. The number of alkyl halides is 3. The van der Waals surface area contributed by atoms with Gasteiger partial charge in [0, 0.05) is 30.2 Å². The van der Waals surface area contributed by atoms with Crippen molar-refractivity contribution in [2.45, 2.75) is 12.7 Å². The average molecular weight is 272 g/mol. The minimum atomic E-state index is -4.25. The zero-order valence-corrected chi connectivity index (χ0v) is 10.3. The van der Waals surface area contributed by atoms with E-state index in [1.54, 1.807) is 0 Å². The molecule has 104 valence electrons. The maximum Gasteiger partial charge on any atom is 0.411 e. The number of para-hydroxylation sites is 1. The third-order valence-corrected chi connectivity index (χ3v) is 2.68. The second-order valence-electron chi connectivity index (χ2n) is 4.20. The van der Waals surface area contributed by atoms with Gasteiger partial charge in [0.2, 0.25) is 0 Å². The first-order valence-electron chi connectivity index (χ1n) is 5.96. The summed E-state index contributed by atoms with van der Waals surface area (Å²) in [6.07, 6.45) is -2.36. The lowest BCUT2D eigenvalue weighted by atomic mass is 10.2. The van der Waals surface area contributed by atoms with Gasteiger partial charge in [-0.05, 0) is 11.6 Å². The highest BCUT2D eigenvalue weighted by Crippen LogP contribution is 2.17. The number of halogens is 3. The summed E-state index contributed by atoms with van der Waals surface area (Å²) in [6.45, 7) is -0.168. The molecule has 3 nitrogen and oxygen atoms in total. The molecule has 1 heterocycles. The molecule has 6 heteroatoms. The fourth-order valence-electron chi connectivity index (χ4n) is 1.83. The zero-order valence-electron chi connectivity index (χ0n) is 10.3. The molecule has 0 radical (unpaired) electrons. The lowest BCUT2D eigenvalue weighted by Gasteiger charge is -2.08. The lowest BCUT2D eigenvalue weighted by Crippen LogP contribution is -2.23. The van der Waals surface area contributed by atoms with Gasteiger partial charge in [0.15, 0.2) is 0 Å². The number of aromatic nitrogens is 1. The van der Waals surface area contributed by atoms with Crippen molar-refractivity contribution in [2.75, 3.05) is 19.8 Å². The van der Waals surface area contributed by atoms with Gasteiger partial charge in [-0.2, -0.15) is 13.2 Å². The van der Waals surface area contributed by atoms with Crippen LogP contribution in [-0.4, -0.2) is 30.9 Å². The van der Waals surface area contributed by atoms with Gasteiger partial charge in [-0.3, -0.25) is 0 Å². The monoisotopic (exact) mass is 272 g/mol. The second-order valence-corrected chi connectivity index (χ2v) is 4.20. The van der Waals surface area contributed by atoms with Crippen LogP contribution in [0.25, 0.3) is 10.9 Å². The van der Waals surface area contributed by atoms with E-state index in [9.17, 15) is 13.2 Å². The van der Waals surface area contributed by atoms with Gasteiger partial charge in [0.05, 0.1) is 6.61 Å². The second kappa shape index (κ2) is 6.08. The number of ether oxygens (including phenoxy) is 1. The maximum absolute atomic E-state index is 11.8. The summed E-state index contributed by atoms with van der Waals surface area (Å²) in [6, 6.07) is 7.88. The normalized spacial score (nSPS) is 12.2. The lowest BCUT2D eigenvalue weighted by molar-refractivity contribution is -0.173. The Hall–Kier alpha value is -1.53. The maximum atomic E-state index is 11.8. The smallest absolute Gasteiger partial charge is 0.371 e. The molecule has 1 aromatic carbocycles. The Balaban J connectivity index is 1.71. The minimum absolute atomic E-state index is 0.0435. The van der Waals surface area contributed by atoms with Gasteiger partial charge in [-0.15, -0.1) is 0 Å². The summed E-state index contributed by atoms with van der Waals surface area (Å²) in [7, 11) is 0. The summed E-state index contributed by atoms with van der Waals surface area (Å²) in [5.74, 6) is 0. The number of hydrogen-bond donors (Lipinski definition) is 2. The van der Waals surface area contributed by atoms with Crippen LogP contribution in [-0.2, 0) is 11.3 Å². The molecule has 2 rings (SSSR count). The first-order chi connectivity index (χ1) is 9.06. The van der Waals surface area contributed by atoms with Crippen molar-refractivity contribution >= 4 is 10.9 Å². The molecule has 0 aliphatic heterocycles. The highest BCUT2D eigenvalue weighted by molar-refractivity contribution is 5.82. The van der Waals surface area contributed by atoms with Crippen molar-refractivity contribution in [3.8, 4) is 0 Å². The molecule has 0 amide bonds. The number of nitrogens with one attached hydrogen (secondary N) is 2. The van der Waals surface area contributed by atoms with Gasteiger partial charge in [0.1, 0.15) is 6.61 Å². The standard InChI is InChI=1S/C13H15F3N2O/c14-13(15,16)9-19-6-5-17-7-10-8-18-12-4-2-1-3-11(10)12/h1-4,8,17-18H,5-7,9H2. The summed E-state index contributed by atoms with van der Waals surface area (Å²) < 4.78 is 39.9. The number of H-pyrrole nitrogens is 1. The third kappa shape index (κ3) is 4.25. The first-order valence-corrected chi connectivity index (χ1v) is 5.96. The highest BCUT2D eigenvalue weighted by atomic mass is 19.4. The molecule has 0 saturated heterocycles. The average Bonchev–Trinajstić information content (AvgIpc) is 2.76. The number of hydrogen-bond acceptors (Lipinski definition) is 2. The van der Waals surface area contributed by atoms with E-state index >= 15 is 0 Å². The molecular weight excluding hydrogens is 257 g/mol. The van der Waals surface area contributed by atoms with Gasteiger partial charge < -0.3 is 15.0 Å². The quantitative estimate of drug-likeness (QED) is 0.793. The number of aromatic amines is 1. The topological polar surface area (TPSA) is 37.0 Å². The van der Waals surface area contributed by atoms with Crippen LogP contribution in [0.2, 0.25) is 0 Å². The van der Waals surface area contributed by atoms with E-state index in [1.165, 1.54) is 0 Å². The van der Waals surface area contributed by atoms with E-state index in [0.29, 0.717) is 13.1 Å². The number of rotatable bonds is 6. The van der Waals surface area contributed by atoms with Crippen LogP contribution >= 0.6 is 0 Å². The van der Waals surface area contributed by atoms with Crippen LogP contribution in [0.15, 0.2) is 30.5 Å². The van der Waals surface area contributed by atoms with Crippen LogP contribution in [0.4, 0.5) is 13.2 Å². The third-order valence-electron chi connectivity index (χ3n) is 2.68. The van der Waals surface area contributed by atoms with Gasteiger partial charge in [-0.25, -0.2) is 0 Å². The van der Waals surface area contributed by atoms with E-state index in [0.717, 1.165) is 16.5 Å². The molecule has 2 aromatic rings. The van der Waals surface area contributed by atoms with Crippen molar-refractivity contribution in [2.24, 2.45) is 0 Å². The molecule has 0 aliphatic carbocycles. The van der Waals surface area contributed by atoms with E-state index in [-0.39, 0.29) is 6.61 Å². The number of fused-ring (bicyclic) bond motifs is 1. The minimum Gasteiger partial charge on any atom is -0.371 e. The van der Waals surface area contributed by atoms with Crippen LogP contribution < -0.4 is 5.32 Å². The Morgan fingerprint density at radius 1 is 1.21 bits per heavy atom. The molecular formula is C13H15F3N2O. The molecule has 0 spiro atoms. The van der Waals surface area contributed by atoms with Crippen molar-refractivity contribution < 1.29 is 17.9 Å². The highest BCUT2D eigenvalue weighted by Gasteiger charge is 2.27. The van der Waals surface area contributed by atoms with Crippen molar-refractivity contribution in [3.63, 3.8) is 0 Å². The van der Waals surface area contributed by atoms with E-state index < -0.39 is 12.8 Å². The zero-order chi connectivity index (χ0) is 13.7. The molecule has 19 heavy (non-hydrogen) atoms. The fourth-order valence-corrected chi connectivity index (χ4v) is 1.83. The Morgan fingerprint density at radius 2 is 2.00 bits per heavy atom. The predicted octanol–water partition coefficient (Wildman–Crippen LogP) is 2.84. The van der Waals surface area contributed by atoms with Gasteiger partial charge in [0.25, 0.3) is 0 Å². The van der Waals surface area contributed by atoms with E-state index in [2.05, 4.69) is 15.0 Å². The Kier molecular flexibility index (Phi) is 4.44. The fraction of sp³-hybridized carbons (Fsp3) is 0.385. The largest absolute Gasteiger partial charge is 0.411 e. The van der Waals surface area contributed by atoms with Crippen LogP contribution in [0.5, 0.6) is 0 Å². The van der Waals surface area contributed by atoms with Gasteiger partial charge >= 0.3 is 6.18 Å². The Morgan fingerprint density at radius 3 is 2.79 bits per heavy atom. The van der Waals surface area contributed by atoms with Crippen LogP contribution in [0.1, 0.15) is 5.56 Å². The predicted molar refractivity (Wildman–Crippen MR) is 66.9 cm³/mol. The molecule has 0 fully saturated rings. The first kappa shape index (κ1) is 13.9. The molecule has 1 aromatic heterocycles. The van der Waals surface area contributed by atoms with Crippen molar-refractivity contribution in [1.29, 1.82) is 0 Å². The molecule has 0 unspecified atom stereocenters. The molecule has 0 bridgehead atoms. The van der Waals surface area contributed by atoms with Crippen LogP contribution in [0, 0.1) is 0 Å². The Bertz CT molecular complexity index is 522. The van der Waals surface area contributed by atoms with E-state index in [4.69, 9.17) is 0 Å². The molecule has 2 N–H and O–H groups in total. The van der Waals surface area contributed by atoms with Crippen molar-refractivity contribution in [3.05, 3.63) is 36.0 Å². The van der Waals surface area contributed by atoms with Crippen molar-refractivity contribution in [1.82, 2.24) is 10.3 Å².